The third-order valence-electron chi connectivity index (χ3n) is 10.1. The standard InChI is InChI=1S/C49H32N4/c1-2-11-33(12-3-1)35-21-24-37(25-22-35)47-50-48(52-49(51-47)41-26-23-34-13-4-5-14-38(34)32-41)40-16-10-15-39(31-40)36-27-29-42(30-28-36)53-45-19-8-6-17-43(45)44-18-7-9-20-46(44)53/h1-32H. The van der Waals surface area contributed by atoms with Gasteiger partial charge in [0.2, 0.25) is 0 Å². The fourth-order valence-corrected chi connectivity index (χ4v) is 7.38. The summed E-state index contributed by atoms with van der Waals surface area (Å²) in [4.78, 5) is 15.2. The van der Waals surface area contributed by atoms with E-state index < -0.39 is 0 Å². The summed E-state index contributed by atoms with van der Waals surface area (Å²) in [6, 6.07) is 68.1. The monoisotopic (exact) mass is 676 g/mol. The maximum Gasteiger partial charge on any atom is 0.164 e. The molecule has 10 aromatic rings. The first kappa shape index (κ1) is 30.6. The molecule has 2 heterocycles. The molecule has 0 fully saturated rings. The fraction of sp³-hybridized carbons (Fsp3) is 0. The van der Waals surface area contributed by atoms with Crippen LogP contribution in [0.4, 0.5) is 0 Å². The largest absolute Gasteiger partial charge is 0.309 e. The lowest BCUT2D eigenvalue weighted by Gasteiger charge is -2.11. The van der Waals surface area contributed by atoms with Gasteiger partial charge in [-0.15, -0.1) is 0 Å². The number of hydrogen-bond acceptors (Lipinski definition) is 3. The van der Waals surface area contributed by atoms with E-state index in [2.05, 4.69) is 193 Å². The molecule has 10 rings (SSSR count). The number of nitrogens with zero attached hydrogens (tertiary/aromatic N) is 4. The normalized spacial score (nSPS) is 11.4. The molecule has 0 atom stereocenters. The number of benzene rings is 8. The first-order valence-electron chi connectivity index (χ1n) is 17.9. The van der Waals surface area contributed by atoms with E-state index in [1.54, 1.807) is 0 Å². The summed E-state index contributed by atoms with van der Waals surface area (Å²) < 4.78 is 2.35. The van der Waals surface area contributed by atoms with Gasteiger partial charge >= 0.3 is 0 Å². The zero-order valence-corrected chi connectivity index (χ0v) is 28.8. The number of fused-ring (bicyclic) bond motifs is 4. The highest BCUT2D eigenvalue weighted by Gasteiger charge is 2.15. The van der Waals surface area contributed by atoms with Crippen LogP contribution in [0.2, 0.25) is 0 Å². The van der Waals surface area contributed by atoms with E-state index in [0.717, 1.165) is 44.5 Å². The van der Waals surface area contributed by atoms with Crippen LogP contribution in [0.3, 0.4) is 0 Å². The van der Waals surface area contributed by atoms with Crippen molar-refractivity contribution in [2.24, 2.45) is 0 Å². The molecule has 53 heavy (non-hydrogen) atoms. The molecule has 0 saturated carbocycles. The Bertz CT molecular complexity index is 2870. The average molecular weight is 677 g/mol. The summed E-state index contributed by atoms with van der Waals surface area (Å²) in [5.74, 6) is 1.91. The maximum atomic E-state index is 5.09. The fourth-order valence-electron chi connectivity index (χ4n) is 7.38. The van der Waals surface area contributed by atoms with E-state index in [9.17, 15) is 0 Å². The van der Waals surface area contributed by atoms with Gasteiger partial charge in [-0.25, -0.2) is 15.0 Å². The summed E-state index contributed by atoms with van der Waals surface area (Å²) >= 11 is 0. The molecule has 0 spiro atoms. The van der Waals surface area contributed by atoms with Gasteiger partial charge in [0.15, 0.2) is 17.5 Å². The van der Waals surface area contributed by atoms with Gasteiger partial charge in [0, 0.05) is 33.2 Å². The Labute approximate surface area is 307 Å². The topological polar surface area (TPSA) is 43.6 Å². The minimum atomic E-state index is 0.633. The van der Waals surface area contributed by atoms with Gasteiger partial charge in [-0.1, -0.05) is 158 Å². The quantitative estimate of drug-likeness (QED) is 0.176. The smallest absolute Gasteiger partial charge is 0.164 e. The molecule has 0 radical (unpaired) electrons. The number of para-hydroxylation sites is 2. The minimum Gasteiger partial charge on any atom is -0.309 e. The molecule has 0 bridgehead atoms. The second kappa shape index (κ2) is 12.9. The molecule has 0 aliphatic rings. The van der Waals surface area contributed by atoms with E-state index in [0.29, 0.717) is 17.5 Å². The average Bonchev–Trinajstić information content (AvgIpc) is 3.58. The molecule has 4 nitrogen and oxygen atoms in total. The Morgan fingerprint density at radius 1 is 0.283 bits per heavy atom. The van der Waals surface area contributed by atoms with Crippen LogP contribution in [0.5, 0.6) is 0 Å². The molecule has 0 aliphatic heterocycles. The van der Waals surface area contributed by atoms with Gasteiger partial charge in [0.25, 0.3) is 0 Å². The highest BCUT2D eigenvalue weighted by atomic mass is 15.0. The van der Waals surface area contributed by atoms with Crippen molar-refractivity contribution >= 4 is 32.6 Å². The van der Waals surface area contributed by atoms with Gasteiger partial charge in [-0.3, -0.25) is 0 Å². The van der Waals surface area contributed by atoms with E-state index in [1.807, 2.05) is 6.07 Å². The third kappa shape index (κ3) is 5.63. The van der Waals surface area contributed by atoms with Crippen molar-refractivity contribution in [3.8, 4) is 62.1 Å². The van der Waals surface area contributed by atoms with E-state index in [-0.39, 0.29) is 0 Å². The molecule has 8 aromatic carbocycles. The van der Waals surface area contributed by atoms with Crippen LogP contribution in [0, 0.1) is 0 Å². The summed E-state index contributed by atoms with van der Waals surface area (Å²) in [5, 5.41) is 4.84. The molecular formula is C49H32N4. The van der Waals surface area contributed by atoms with Crippen molar-refractivity contribution in [3.05, 3.63) is 194 Å². The van der Waals surface area contributed by atoms with Crippen LogP contribution >= 0.6 is 0 Å². The van der Waals surface area contributed by atoms with Gasteiger partial charge < -0.3 is 4.57 Å². The summed E-state index contributed by atoms with van der Waals surface area (Å²) in [6.07, 6.45) is 0. The third-order valence-corrected chi connectivity index (χ3v) is 10.1. The van der Waals surface area contributed by atoms with Gasteiger partial charge in [0.05, 0.1) is 11.0 Å². The van der Waals surface area contributed by atoms with Gasteiger partial charge in [0.1, 0.15) is 0 Å². The molecule has 0 amide bonds. The van der Waals surface area contributed by atoms with Crippen LogP contribution in [0.15, 0.2) is 194 Å². The highest BCUT2D eigenvalue weighted by Crippen LogP contribution is 2.34. The Hall–Kier alpha value is -7.17. The zero-order valence-electron chi connectivity index (χ0n) is 28.8. The predicted molar refractivity (Wildman–Crippen MR) is 219 cm³/mol. The maximum absolute atomic E-state index is 5.09. The van der Waals surface area contributed by atoms with Crippen LogP contribution in [0.25, 0.3) is 94.7 Å². The first-order chi connectivity index (χ1) is 26.2. The zero-order chi connectivity index (χ0) is 35.1. The van der Waals surface area contributed by atoms with Crippen molar-refractivity contribution in [1.29, 1.82) is 0 Å². The van der Waals surface area contributed by atoms with Crippen molar-refractivity contribution in [2.45, 2.75) is 0 Å². The van der Waals surface area contributed by atoms with E-state index in [4.69, 9.17) is 15.0 Å². The Morgan fingerprint density at radius 3 is 1.43 bits per heavy atom. The number of aromatic nitrogens is 4. The number of rotatable bonds is 6. The van der Waals surface area contributed by atoms with E-state index >= 15 is 0 Å². The number of hydrogen-bond donors (Lipinski definition) is 0. The lowest BCUT2D eigenvalue weighted by molar-refractivity contribution is 1.07. The second-order valence-electron chi connectivity index (χ2n) is 13.3. The Kier molecular flexibility index (Phi) is 7.43. The second-order valence-corrected chi connectivity index (χ2v) is 13.3. The van der Waals surface area contributed by atoms with Gasteiger partial charge in [-0.2, -0.15) is 0 Å². The predicted octanol–water partition coefficient (Wildman–Crippen LogP) is 12.5. The van der Waals surface area contributed by atoms with Crippen LogP contribution in [-0.2, 0) is 0 Å². The molecule has 0 unspecified atom stereocenters. The van der Waals surface area contributed by atoms with Crippen LogP contribution < -0.4 is 0 Å². The summed E-state index contributed by atoms with van der Waals surface area (Å²) in [6.45, 7) is 0. The Morgan fingerprint density at radius 2 is 0.736 bits per heavy atom. The SMILES string of the molecule is c1ccc(-c2ccc(-c3nc(-c4cccc(-c5ccc(-n6c7ccccc7c7ccccc76)cc5)c4)nc(-c4ccc5ccccc5c4)n3)cc2)cc1. The molecule has 2 aromatic heterocycles. The summed E-state index contributed by atoms with van der Waals surface area (Å²) in [7, 11) is 0. The van der Waals surface area contributed by atoms with Crippen molar-refractivity contribution in [1.82, 2.24) is 19.5 Å². The molecule has 4 heteroatoms. The highest BCUT2D eigenvalue weighted by molar-refractivity contribution is 6.09. The lowest BCUT2D eigenvalue weighted by Crippen LogP contribution is -2.00. The molecule has 248 valence electrons. The molecule has 0 aliphatic carbocycles. The van der Waals surface area contributed by atoms with E-state index in [1.165, 1.54) is 32.8 Å². The molecule has 0 saturated heterocycles. The van der Waals surface area contributed by atoms with Crippen molar-refractivity contribution in [2.75, 3.05) is 0 Å². The van der Waals surface area contributed by atoms with Crippen molar-refractivity contribution < 1.29 is 0 Å². The summed E-state index contributed by atoms with van der Waals surface area (Å²) in [5.41, 5.74) is 10.9. The van der Waals surface area contributed by atoms with Crippen LogP contribution in [0.1, 0.15) is 0 Å². The van der Waals surface area contributed by atoms with Gasteiger partial charge in [-0.05, 0) is 69.4 Å². The molecule has 0 N–H and O–H groups in total. The first-order valence-corrected chi connectivity index (χ1v) is 17.9. The van der Waals surface area contributed by atoms with Crippen LogP contribution in [-0.4, -0.2) is 19.5 Å². The lowest BCUT2D eigenvalue weighted by atomic mass is 10.0. The van der Waals surface area contributed by atoms with Crippen molar-refractivity contribution in [3.63, 3.8) is 0 Å². The molecular weight excluding hydrogens is 645 g/mol. The minimum absolute atomic E-state index is 0.633. The Balaban J connectivity index is 1.05.